The molecule has 0 nitrogen and oxygen atoms in total. The molecule has 0 saturated heterocycles. The molecule has 102 valence electrons. The van der Waals surface area contributed by atoms with Crippen LogP contribution in [0.25, 0.3) is 0 Å². The summed E-state index contributed by atoms with van der Waals surface area (Å²) in [6, 6.07) is 8.90. The second-order valence-electron chi connectivity index (χ2n) is 5.55. The Kier molecular flexibility index (Phi) is 6.60. The fourth-order valence-electron chi connectivity index (χ4n) is 2.36. The van der Waals surface area contributed by atoms with Gasteiger partial charge in [0.25, 0.3) is 0 Å². The van der Waals surface area contributed by atoms with Gasteiger partial charge in [0.2, 0.25) is 0 Å². The van der Waals surface area contributed by atoms with E-state index in [4.69, 9.17) is 0 Å². The average molecular weight is 384 g/mol. The predicted molar refractivity (Wildman–Crippen MR) is 92.1 cm³/mol. The van der Waals surface area contributed by atoms with E-state index in [2.05, 4.69) is 98.8 Å². The molecule has 0 fully saturated rings. The summed E-state index contributed by atoms with van der Waals surface area (Å²) in [7, 11) is 0. The average Bonchev–Trinajstić information content (AvgIpc) is 2.33. The molecule has 0 N–H and O–H groups in total. The molecule has 2 aromatic rings. The van der Waals surface area contributed by atoms with Gasteiger partial charge >= 0.3 is 141 Å². The third-order valence-electron chi connectivity index (χ3n) is 3.35. The molecule has 2 heteroatoms. The van der Waals surface area contributed by atoms with E-state index in [0.717, 1.165) is 0 Å². The van der Waals surface area contributed by atoms with Crippen LogP contribution in [0, 0.1) is 41.5 Å². The Hall–Kier alpha value is -0.474. The van der Waals surface area contributed by atoms with Crippen molar-refractivity contribution in [1.82, 2.24) is 0 Å². The van der Waals surface area contributed by atoms with Gasteiger partial charge in [-0.1, -0.05) is 0 Å². The molecule has 0 bridgehead atoms. The van der Waals surface area contributed by atoms with Gasteiger partial charge in [0.1, 0.15) is 0 Å². The summed E-state index contributed by atoms with van der Waals surface area (Å²) in [6.45, 7) is 12.9. The van der Waals surface area contributed by atoms with Gasteiger partial charge in [-0.15, -0.1) is 0 Å². The second-order valence-corrected chi connectivity index (χ2v) is 7.65. The molecule has 0 atom stereocenters. The molecule has 0 aliphatic rings. The van der Waals surface area contributed by atoms with Crippen molar-refractivity contribution in [3.8, 4) is 0 Å². The van der Waals surface area contributed by atoms with Crippen LogP contribution in [-0.4, -0.2) is 33.0 Å². The van der Waals surface area contributed by atoms with Crippen LogP contribution in [0.2, 0.25) is 0 Å². The topological polar surface area (TPSA) is 0 Å². The molecule has 6 radical (unpaired) electrons. The summed E-state index contributed by atoms with van der Waals surface area (Å²) in [5.41, 5.74) is 8.33. The molecule has 2 aromatic carbocycles. The van der Waals surface area contributed by atoms with Crippen molar-refractivity contribution in [2.75, 3.05) is 0 Å². The Morgan fingerprint density at radius 3 is 0.900 bits per heavy atom. The van der Waals surface area contributed by atoms with E-state index < -0.39 is 0 Å². The molecular formula is C18H22Ge2. The Balaban J connectivity index is 0.000000200. The Bertz CT molecular complexity index is 511. The SMILES string of the molecule is Cc1cc(C)[c]([Ge])c(C)c1.Cc1cc(C)[c]([Ge])c(C)c1. The normalized spacial score (nSPS) is 10.0. The maximum atomic E-state index is 2.22. The molecular weight excluding hydrogens is 361 g/mol. The molecule has 0 heterocycles. The standard InChI is InChI=1S/2C9H11Ge/c2*1-6-4-7(2)9(10)8(3)5-6/h2*4-5H,1-3H3. The molecule has 2 rings (SSSR count). The number of aryl methyl sites for hydroxylation is 6. The van der Waals surface area contributed by atoms with Gasteiger partial charge in [0.15, 0.2) is 0 Å². The summed E-state index contributed by atoms with van der Waals surface area (Å²) in [4.78, 5) is 0. The van der Waals surface area contributed by atoms with Crippen LogP contribution in [-0.2, 0) is 0 Å². The van der Waals surface area contributed by atoms with Gasteiger partial charge < -0.3 is 0 Å². The van der Waals surface area contributed by atoms with Gasteiger partial charge in [-0.25, -0.2) is 0 Å². The second kappa shape index (κ2) is 7.51. The van der Waals surface area contributed by atoms with Crippen molar-refractivity contribution in [3.05, 3.63) is 57.6 Å². The Morgan fingerprint density at radius 1 is 0.500 bits per heavy atom. The third-order valence-corrected chi connectivity index (χ3v) is 6.66. The first kappa shape index (κ1) is 17.6. The first-order valence-corrected chi connectivity index (χ1v) is 8.91. The van der Waals surface area contributed by atoms with Crippen LogP contribution < -0.4 is 8.79 Å². The van der Waals surface area contributed by atoms with E-state index in [1.54, 1.807) is 0 Å². The fourth-order valence-corrected chi connectivity index (χ4v) is 2.97. The van der Waals surface area contributed by atoms with E-state index in [1.165, 1.54) is 42.2 Å². The minimum atomic E-state index is 1.36. The van der Waals surface area contributed by atoms with Crippen molar-refractivity contribution in [2.45, 2.75) is 41.5 Å². The fraction of sp³-hybridized carbons (Fsp3) is 0.333. The van der Waals surface area contributed by atoms with E-state index in [1.807, 2.05) is 0 Å². The number of benzene rings is 2. The predicted octanol–water partition coefficient (Wildman–Crippen LogP) is 2.81. The van der Waals surface area contributed by atoms with Crippen LogP contribution in [0.1, 0.15) is 33.4 Å². The molecule has 0 aromatic heterocycles. The maximum absolute atomic E-state index is 2.22. The molecule has 20 heavy (non-hydrogen) atoms. The third kappa shape index (κ3) is 4.82. The summed E-state index contributed by atoms with van der Waals surface area (Å²) < 4.78 is 2.84. The monoisotopic (exact) mass is 386 g/mol. The molecule has 0 aliphatic carbocycles. The molecule has 0 unspecified atom stereocenters. The molecule has 0 amide bonds. The summed E-state index contributed by atoms with van der Waals surface area (Å²) in [6.07, 6.45) is 0. The van der Waals surface area contributed by atoms with Gasteiger partial charge in [-0.3, -0.25) is 0 Å². The van der Waals surface area contributed by atoms with Crippen LogP contribution >= 0.6 is 0 Å². The zero-order valence-corrected chi connectivity index (χ0v) is 17.5. The van der Waals surface area contributed by atoms with Gasteiger partial charge in [0.05, 0.1) is 0 Å². The van der Waals surface area contributed by atoms with Gasteiger partial charge in [-0.2, -0.15) is 0 Å². The first-order chi connectivity index (χ1) is 9.22. The van der Waals surface area contributed by atoms with Gasteiger partial charge in [0, 0.05) is 0 Å². The quantitative estimate of drug-likeness (QED) is 0.614. The van der Waals surface area contributed by atoms with Crippen molar-refractivity contribution >= 4 is 41.8 Å². The summed E-state index contributed by atoms with van der Waals surface area (Å²) in [5.74, 6) is 0. The Morgan fingerprint density at radius 2 is 0.700 bits per heavy atom. The van der Waals surface area contributed by atoms with Gasteiger partial charge in [-0.05, 0) is 0 Å². The number of hydrogen-bond donors (Lipinski definition) is 0. The van der Waals surface area contributed by atoms with Crippen molar-refractivity contribution < 1.29 is 0 Å². The number of hydrogen-bond acceptors (Lipinski definition) is 0. The van der Waals surface area contributed by atoms with Crippen molar-refractivity contribution in [1.29, 1.82) is 0 Å². The van der Waals surface area contributed by atoms with Crippen LogP contribution in [0.15, 0.2) is 24.3 Å². The first-order valence-electron chi connectivity index (χ1n) is 6.81. The zero-order chi connectivity index (χ0) is 15.4. The molecule has 0 saturated carbocycles. The molecule has 0 spiro atoms. The van der Waals surface area contributed by atoms with E-state index >= 15 is 0 Å². The zero-order valence-electron chi connectivity index (χ0n) is 13.3. The van der Waals surface area contributed by atoms with E-state index in [0.29, 0.717) is 0 Å². The van der Waals surface area contributed by atoms with Crippen LogP contribution in [0.5, 0.6) is 0 Å². The van der Waals surface area contributed by atoms with E-state index in [-0.39, 0.29) is 0 Å². The summed E-state index contributed by atoms with van der Waals surface area (Å²) in [5, 5.41) is 0. The molecule has 0 aliphatic heterocycles. The minimum absolute atomic E-state index is 1.36. The van der Waals surface area contributed by atoms with Crippen LogP contribution in [0.4, 0.5) is 0 Å². The Labute approximate surface area is 140 Å². The van der Waals surface area contributed by atoms with E-state index in [9.17, 15) is 0 Å². The number of rotatable bonds is 0. The van der Waals surface area contributed by atoms with Crippen molar-refractivity contribution in [3.63, 3.8) is 0 Å². The van der Waals surface area contributed by atoms with Crippen LogP contribution in [0.3, 0.4) is 0 Å². The summed E-state index contributed by atoms with van der Waals surface area (Å²) >= 11 is 4.34. The van der Waals surface area contributed by atoms with Crippen molar-refractivity contribution in [2.24, 2.45) is 0 Å².